The van der Waals surface area contributed by atoms with Gasteiger partial charge in [0.25, 0.3) is 11.8 Å². The van der Waals surface area contributed by atoms with Gasteiger partial charge in [-0.1, -0.05) is 0 Å². The molecule has 0 bridgehead atoms. The first-order chi connectivity index (χ1) is 12.0. The summed E-state index contributed by atoms with van der Waals surface area (Å²) in [7, 11) is 0. The van der Waals surface area contributed by atoms with Gasteiger partial charge in [-0.15, -0.1) is 0 Å². The molecule has 1 aliphatic rings. The third kappa shape index (κ3) is 4.79. The van der Waals surface area contributed by atoms with E-state index in [0.717, 1.165) is 18.6 Å². The maximum atomic E-state index is 12.3. The van der Waals surface area contributed by atoms with Crippen LogP contribution in [0.3, 0.4) is 0 Å². The molecule has 2 N–H and O–H groups in total. The van der Waals surface area contributed by atoms with Crippen molar-refractivity contribution in [1.82, 2.24) is 10.3 Å². The van der Waals surface area contributed by atoms with Crippen molar-refractivity contribution in [3.63, 3.8) is 0 Å². The first kappa shape index (κ1) is 17.0. The molecule has 0 unspecified atom stereocenters. The van der Waals surface area contributed by atoms with Crippen molar-refractivity contribution in [2.75, 3.05) is 5.32 Å². The summed E-state index contributed by atoms with van der Waals surface area (Å²) < 4.78 is 5.57. The monoisotopic (exact) mass is 339 g/mol. The zero-order chi connectivity index (χ0) is 17.8. The molecule has 0 aliphatic heterocycles. The van der Waals surface area contributed by atoms with Gasteiger partial charge >= 0.3 is 0 Å². The number of benzene rings is 1. The van der Waals surface area contributed by atoms with Crippen molar-refractivity contribution < 1.29 is 14.3 Å². The quantitative estimate of drug-likeness (QED) is 0.848. The maximum absolute atomic E-state index is 12.3. The van der Waals surface area contributed by atoms with E-state index in [9.17, 15) is 9.59 Å². The topological polar surface area (TPSA) is 80.3 Å². The fourth-order valence-electron chi connectivity index (χ4n) is 2.28. The SMILES string of the molecule is CC(C)Oc1ccc(NC(=O)c2cc(C(=O)NC3CC3)ccn2)cc1. The average molecular weight is 339 g/mol. The number of nitrogens with zero attached hydrogens (tertiary/aromatic N) is 1. The smallest absolute Gasteiger partial charge is 0.274 e. The molecule has 1 aromatic heterocycles. The molecule has 1 saturated carbocycles. The number of hydrogen-bond donors (Lipinski definition) is 2. The van der Waals surface area contributed by atoms with Crippen molar-refractivity contribution in [2.24, 2.45) is 0 Å². The highest BCUT2D eigenvalue weighted by Gasteiger charge is 2.24. The Morgan fingerprint density at radius 1 is 1.12 bits per heavy atom. The molecule has 25 heavy (non-hydrogen) atoms. The Kier molecular flexibility index (Phi) is 4.97. The third-order valence-electron chi connectivity index (χ3n) is 3.65. The van der Waals surface area contributed by atoms with Crippen LogP contribution in [0.2, 0.25) is 0 Å². The summed E-state index contributed by atoms with van der Waals surface area (Å²) in [4.78, 5) is 28.5. The molecule has 130 valence electrons. The summed E-state index contributed by atoms with van der Waals surface area (Å²) >= 11 is 0. The zero-order valence-electron chi connectivity index (χ0n) is 14.3. The first-order valence-corrected chi connectivity index (χ1v) is 8.36. The molecule has 1 aliphatic carbocycles. The van der Waals surface area contributed by atoms with Gasteiger partial charge in [0.2, 0.25) is 0 Å². The Labute approximate surface area is 146 Å². The summed E-state index contributed by atoms with van der Waals surface area (Å²) in [5, 5.41) is 5.66. The first-order valence-electron chi connectivity index (χ1n) is 8.36. The van der Waals surface area contributed by atoms with Crippen LogP contribution in [0.1, 0.15) is 47.5 Å². The number of carbonyl (C=O) groups excluding carboxylic acids is 2. The second kappa shape index (κ2) is 7.34. The number of hydrogen-bond acceptors (Lipinski definition) is 4. The van der Waals surface area contributed by atoms with Crippen molar-refractivity contribution in [2.45, 2.75) is 38.8 Å². The minimum absolute atomic E-state index is 0.0918. The van der Waals surface area contributed by atoms with Gasteiger partial charge in [-0.2, -0.15) is 0 Å². The highest BCUT2D eigenvalue weighted by molar-refractivity contribution is 6.04. The molecule has 6 nitrogen and oxygen atoms in total. The number of ether oxygens (including phenoxy) is 1. The highest BCUT2D eigenvalue weighted by Crippen LogP contribution is 2.20. The average Bonchev–Trinajstić information content (AvgIpc) is 3.40. The Bertz CT molecular complexity index is 768. The molecule has 0 radical (unpaired) electrons. The van der Waals surface area contributed by atoms with E-state index in [2.05, 4.69) is 15.6 Å². The number of aromatic nitrogens is 1. The highest BCUT2D eigenvalue weighted by atomic mass is 16.5. The van der Waals surface area contributed by atoms with E-state index < -0.39 is 0 Å². The summed E-state index contributed by atoms with van der Waals surface area (Å²) in [5.41, 5.74) is 1.27. The number of pyridine rings is 1. The van der Waals surface area contributed by atoms with Crippen LogP contribution in [0.4, 0.5) is 5.69 Å². The van der Waals surface area contributed by atoms with Gasteiger partial charge in [-0.25, -0.2) is 0 Å². The zero-order valence-corrected chi connectivity index (χ0v) is 14.3. The molecule has 1 fully saturated rings. The fraction of sp³-hybridized carbons (Fsp3) is 0.316. The second-order valence-electron chi connectivity index (χ2n) is 6.32. The molecule has 3 rings (SSSR count). The van der Waals surface area contributed by atoms with Crippen molar-refractivity contribution >= 4 is 17.5 Å². The van der Waals surface area contributed by atoms with Gasteiger partial charge in [0, 0.05) is 23.5 Å². The number of anilines is 1. The largest absolute Gasteiger partial charge is 0.491 e. The van der Waals surface area contributed by atoms with Crippen LogP contribution in [-0.4, -0.2) is 28.9 Å². The van der Waals surface area contributed by atoms with Gasteiger partial charge in [0.1, 0.15) is 11.4 Å². The molecular weight excluding hydrogens is 318 g/mol. The third-order valence-corrected chi connectivity index (χ3v) is 3.65. The predicted octanol–water partition coefficient (Wildman–Crippen LogP) is 3.01. The number of carbonyl (C=O) groups is 2. The van der Waals surface area contributed by atoms with Gasteiger partial charge in [0.05, 0.1) is 6.10 Å². The van der Waals surface area contributed by atoms with Crippen LogP contribution in [0.25, 0.3) is 0 Å². The minimum atomic E-state index is -0.362. The summed E-state index contributed by atoms with van der Waals surface area (Å²) in [6.45, 7) is 3.90. The van der Waals surface area contributed by atoms with Crippen LogP contribution in [0, 0.1) is 0 Å². The molecule has 2 aromatic rings. The van der Waals surface area contributed by atoms with Crippen molar-refractivity contribution in [3.05, 3.63) is 53.9 Å². The van der Waals surface area contributed by atoms with Gasteiger partial charge in [-0.3, -0.25) is 14.6 Å². The fourth-order valence-corrected chi connectivity index (χ4v) is 2.28. The lowest BCUT2D eigenvalue weighted by Crippen LogP contribution is -2.26. The van der Waals surface area contributed by atoms with E-state index in [0.29, 0.717) is 11.3 Å². The van der Waals surface area contributed by atoms with Crippen molar-refractivity contribution in [1.29, 1.82) is 0 Å². The molecule has 0 saturated heterocycles. The van der Waals surface area contributed by atoms with Gasteiger partial charge in [-0.05, 0) is 63.1 Å². The lowest BCUT2D eigenvalue weighted by molar-refractivity contribution is 0.0951. The Morgan fingerprint density at radius 3 is 2.48 bits per heavy atom. The molecule has 0 spiro atoms. The van der Waals surface area contributed by atoms with Crippen LogP contribution in [0.5, 0.6) is 5.75 Å². The van der Waals surface area contributed by atoms with Crippen LogP contribution >= 0.6 is 0 Å². The lowest BCUT2D eigenvalue weighted by Gasteiger charge is -2.10. The Morgan fingerprint density at radius 2 is 1.84 bits per heavy atom. The minimum Gasteiger partial charge on any atom is -0.491 e. The number of amides is 2. The van der Waals surface area contributed by atoms with Crippen LogP contribution in [0.15, 0.2) is 42.6 Å². The second-order valence-corrected chi connectivity index (χ2v) is 6.32. The summed E-state index contributed by atoms with van der Waals surface area (Å²) in [5.74, 6) is 0.206. The molecule has 2 amide bonds. The summed E-state index contributed by atoms with van der Waals surface area (Å²) in [6.07, 6.45) is 3.59. The molecule has 6 heteroatoms. The van der Waals surface area contributed by atoms with Crippen LogP contribution in [-0.2, 0) is 0 Å². The number of nitrogens with one attached hydrogen (secondary N) is 2. The van der Waals surface area contributed by atoms with E-state index in [-0.39, 0.29) is 29.7 Å². The van der Waals surface area contributed by atoms with E-state index in [1.807, 2.05) is 13.8 Å². The van der Waals surface area contributed by atoms with E-state index in [1.165, 1.54) is 12.3 Å². The Balaban J connectivity index is 1.65. The predicted molar refractivity (Wildman–Crippen MR) is 94.9 cm³/mol. The summed E-state index contributed by atoms with van der Waals surface area (Å²) in [6, 6.07) is 10.5. The van der Waals surface area contributed by atoms with Gasteiger partial charge in [0.15, 0.2) is 0 Å². The number of rotatable bonds is 6. The molecule has 1 aromatic carbocycles. The van der Waals surface area contributed by atoms with E-state index in [1.54, 1.807) is 30.3 Å². The Hall–Kier alpha value is -2.89. The van der Waals surface area contributed by atoms with Gasteiger partial charge < -0.3 is 15.4 Å². The normalized spacial score (nSPS) is 13.4. The van der Waals surface area contributed by atoms with E-state index >= 15 is 0 Å². The molecule has 1 heterocycles. The standard InChI is InChI=1S/C19H21N3O3/c1-12(2)25-16-7-5-15(6-8-16)22-19(24)17-11-13(9-10-20-17)18(23)21-14-3-4-14/h5-12,14H,3-4H2,1-2H3,(H,21,23)(H,22,24). The molecular formula is C19H21N3O3. The van der Waals surface area contributed by atoms with Crippen molar-refractivity contribution in [3.8, 4) is 5.75 Å². The molecule has 0 atom stereocenters. The maximum Gasteiger partial charge on any atom is 0.274 e. The van der Waals surface area contributed by atoms with E-state index in [4.69, 9.17) is 4.74 Å². The lowest BCUT2D eigenvalue weighted by atomic mass is 10.2. The van der Waals surface area contributed by atoms with Crippen LogP contribution < -0.4 is 15.4 Å².